The molecule has 2 amide bonds. The number of carbonyl (C=O) groups is 2. The van der Waals surface area contributed by atoms with Gasteiger partial charge in [0.25, 0.3) is 11.8 Å². The summed E-state index contributed by atoms with van der Waals surface area (Å²) in [5, 5.41) is 26.2. The first-order chi connectivity index (χ1) is 25.3. The molecule has 5 rings (SSSR count). The molecule has 8 heteroatoms. The molecule has 1 aliphatic heterocycles. The minimum atomic E-state index is -0.350. The van der Waals surface area contributed by atoms with Crippen molar-refractivity contribution in [3.05, 3.63) is 155 Å². The summed E-state index contributed by atoms with van der Waals surface area (Å²) in [5.74, 6) is -0.701. The van der Waals surface area contributed by atoms with E-state index in [-0.39, 0.29) is 23.0 Å². The number of carbonyl (C=O) groups excluding carboxylic acids is 2. The minimum absolute atomic E-state index is 0.118. The summed E-state index contributed by atoms with van der Waals surface area (Å²) in [4.78, 5) is 26.6. The second kappa shape index (κ2) is 17.9. The van der Waals surface area contributed by atoms with Crippen LogP contribution in [0.15, 0.2) is 132 Å². The van der Waals surface area contributed by atoms with Crippen LogP contribution in [-0.2, 0) is 9.59 Å². The lowest BCUT2D eigenvalue weighted by Crippen LogP contribution is -2.64. The number of nitrogens with one attached hydrogen (secondary N) is 2. The summed E-state index contributed by atoms with van der Waals surface area (Å²) in [5.41, 5.74) is 4.84. The summed E-state index contributed by atoms with van der Waals surface area (Å²) in [6, 6.07) is 42.7. The van der Waals surface area contributed by atoms with Crippen molar-refractivity contribution < 1.29 is 18.6 Å². The number of hydrogen-bond acceptors (Lipinski definition) is 4. The molecular formula is C44H48N6O2+2. The summed E-state index contributed by atoms with van der Waals surface area (Å²) < 4.78 is 1.86. The maximum absolute atomic E-state index is 13.3. The van der Waals surface area contributed by atoms with Gasteiger partial charge >= 0.3 is 0 Å². The number of amides is 2. The van der Waals surface area contributed by atoms with Crippen molar-refractivity contribution in [1.82, 2.24) is 10.6 Å². The van der Waals surface area contributed by atoms with Gasteiger partial charge < -0.3 is 19.6 Å². The van der Waals surface area contributed by atoms with Gasteiger partial charge in [-0.05, 0) is 22.3 Å². The SMILES string of the molecule is C[N+]1(CCCNC(=O)C(C#N)=C(c2ccccc2)c2ccccc2)CC[N+](C)(CCCNC(=O)C(C#N)=C(c2ccccc2)c2ccccc2)CC1. The molecule has 0 aliphatic carbocycles. The molecule has 0 radical (unpaired) electrons. The maximum Gasteiger partial charge on any atom is 0.262 e. The van der Waals surface area contributed by atoms with E-state index >= 15 is 0 Å². The second-order valence-electron chi connectivity index (χ2n) is 14.0. The van der Waals surface area contributed by atoms with Crippen LogP contribution in [-0.4, -0.2) is 87.2 Å². The van der Waals surface area contributed by atoms with E-state index in [2.05, 4.69) is 36.9 Å². The Bertz CT molecular complexity index is 1720. The Kier molecular flexibility index (Phi) is 12.9. The number of nitrogens with zero attached hydrogens (tertiary/aromatic N) is 4. The smallest absolute Gasteiger partial charge is 0.262 e. The van der Waals surface area contributed by atoms with Crippen LogP contribution in [0, 0.1) is 22.7 Å². The predicted octanol–water partition coefficient (Wildman–Crippen LogP) is 5.96. The van der Waals surface area contributed by atoms with E-state index in [1.165, 1.54) is 0 Å². The van der Waals surface area contributed by atoms with E-state index in [9.17, 15) is 20.1 Å². The molecule has 2 N–H and O–H groups in total. The van der Waals surface area contributed by atoms with Crippen LogP contribution in [0.1, 0.15) is 35.1 Å². The van der Waals surface area contributed by atoms with Crippen molar-refractivity contribution in [3.8, 4) is 12.1 Å². The number of benzene rings is 4. The molecule has 264 valence electrons. The molecule has 0 bridgehead atoms. The van der Waals surface area contributed by atoms with Crippen molar-refractivity contribution in [2.24, 2.45) is 0 Å². The van der Waals surface area contributed by atoms with Crippen LogP contribution in [0.25, 0.3) is 11.1 Å². The van der Waals surface area contributed by atoms with Gasteiger partial charge in [-0.15, -0.1) is 0 Å². The monoisotopic (exact) mass is 692 g/mol. The highest BCUT2D eigenvalue weighted by molar-refractivity contribution is 6.08. The molecule has 1 heterocycles. The third-order valence-electron chi connectivity index (χ3n) is 10.1. The molecule has 0 saturated carbocycles. The van der Waals surface area contributed by atoms with Crippen LogP contribution in [0.2, 0.25) is 0 Å². The second-order valence-corrected chi connectivity index (χ2v) is 14.0. The lowest BCUT2D eigenvalue weighted by atomic mass is 9.93. The first-order valence-electron chi connectivity index (χ1n) is 18.0. The van der Waals surface area contributed by atoms with Crippen molar-refractivity contribution in [3.63, 3.8) is 0 Å². The molecule has 1 saturated heterocycles. The molecule has 1 aliphatic rings. The molecule has 0 atom stereocenters. The fourth-order valence-corrected chi connectivity index (χ4v) is 6.91. The normalized spacial score (nSPS) is 17.8. The van der Waals surface area contributed by atoms with E-state index in [1.807, 2.05) is 121 Å². The van der Waals surface area contributed by atoms with Crippen molar-refractivity contribution in [2.75, 3.05) is 66.5 Å². The van der Waals surface area contributed by atoms with Gasteiger partial charge in [0.05, 0.1) is 27.2 Å². The fourth-order valence-electron chi connectivity index (χ4n) is 6.91. The number of hydrogen-bond donors (Lipinski definition) is 2. The summed E-state index contributed by atoms with van der Waals surface area (Å²) in [7, 11) is 4.56. The van der Waals surface area contributed by atoms with Gasteiger partial charge in [-0.1, -0.05) is 121 Å². The van der Waals surface area contributed by atoms with Crippen LogP contribution in [0.4, 0.5) is 0 Å². The first kappa shape index (κ1) is 37.5. The average Bonchev–Trinajstić information content (AvgIpc) is 3.19. The van der Waals surface area contributed by atoms with Gasteiger partial charge in [0.15, 0.2) is 0 Å². The number of quaternary nitrogens is 2. The van der Waals surface area contributed by atoms with Gasteiger partial charge in [0.2, 0.25) is 0 Å². The first-order valence-corrected chi connectivity index (χ1v) is 18.0. The summed E-state index contributed by atoms with van der Waals surface area (Å²) in [6.45, 7) is 6.93. The standard InChI is InChI=1S/C44H46N6O2/c1-49(27-15-25-47-43(51)39(33-45)41(35-17-7-3-8-18-35)36-19-9-4-10-20-36)29-31-50(2,32-30-49)28-16-26-48-44(52)40(34-46)42(37-21-11-5-12-22-37)38-23-13-6-14-24-38/h3-14,17-24H,15-16,25-32H2,1-2H3/p+2. The number of nitriles is 2. The van der Waals surface area contributed by atoms with Crippen LogP contribution < -0.4 is 10.6 Å². The van der Waals surface area contributed by atoms with Crippen LogP contribution in [0.5, 0.6) is 0 Å². The molecular weight excluding hydrogens is 645 g/mol. The number of rotatable bonds is 14. The Balaban J connectivity index is 1.10. The molecule has 52 heavy (non-hydrogen) atoms. The average molecular weight is 693 g/mol. The third-order valence-corrected chi connectivity index (χ3v) is 10.1. The zero-order chi connectivity index (χ0) is 36.8. The van der Waals surface area contributed by atoms with Crippen LogP contribution in [0.3, 0.4) is 0 Å². The minimum Gasteiger partial charge on any atom is -0.351 e. The molecule has 1 fully saturated rings. The van der Waals surface area contributed by atoms with Crippen molar-refractivity contribution >= 4 is 23.0 Å². The molecule has 8 nitrogen and oxygen atoms in total. The van der Waals surface area contributed by atoms with Gasteiger partial charge in [-0.2, -0.15) is 10.5 Å². The number of likely N-dealkylation sites (N-methyl/N-ethyl adjacent to an activating group) is 2. The van der Waals surface area contributed by atoms with Crippen LogP contribution >= 0.6 is 0 Å². The Labute approximate surface area is 308 Å². The molecule has 0 aromatic heterocycles. The van der Waals surface area contributed by atoms with E-state index in [4.69, 9.17) is 0 Å². The molecule has 0 spiro atoms. The Hall–Kier alpha value is -5.80. The van der Waals surface area contributed by atoms with E-state index < -0.39 is 0 Å². The zero-order valence-corrected chi connectivity index (χ0v) is 30.2. The highest BCUT2D eigenvalue weighted by Gasteiger charge is 2.36. The Morgan fingerprint density at radius 2 is 0.788 bits per heavy atom. The molecule has 4 aromatic carbocycles. The highest BCUT2D eigenvalue weighted by atomic mass is 16.2. The Morgan fingerprint density at radius 3 is 1.04 bits per heavy atom. The summed E-state index contributed by atoms with van der Waals surface area (Å²) in [6.07, 6.45) is 1.62. The molecule has 0 unspecified atom stereocenters. The largest absolute Gasteiger partial charge is 0.351 e. The topological polar surface area (TPSA) is 106 Å². The van der Waals surface area contributed by atoms with Gasteiger partial charge in [0.1, 0.15) is 49.5 Å². The number of piperazine rings is 1. The lowest BCUT2D eigenvalue weighted by Gasteiger charge is -2.46. The predicted molar refractivity (Wildman–Crippen MR) is 206 cm³/mol. The summed E-state index contributed by atoms with van der Waals surface area (Å²) >= 11 is 0. The van der Waals surface area contributed by atoms with E-state index in [1.54, 1.807) is 0 Å². The lowest BCUT2D eigenvalue weighted by molar-refractivity contribution is -1.02. The quantitative estimate of drug-likeness (QED) is 0.0737. The molecule has 4 aromatic rings. The highest BCUT2D eigenvalue weighted by Crippen LogP contribution is 2.28. The zero-order valence-electron chi connectivity index (χ0n) is 30.2. The van der Waals surface area contributed by atoms with Gasteiger partial charge in [0, 0.05) is 37.1 Å². The van der Waals surface area contributed by atoms with Gasteiger partial charge in [-0.3, -0.25) is 9.59 Å². The van der Waals surface area contributed by atoms with Gasteiger partial charge in [-0.25, -0.2) is 0 Å². The maximum atomic E-state index is 13.3. The third kappa shape index (κ3) is 9.70. The van der Waals surface area contributed by atoms with E-state index in [0.29, 0.717) is 24.2 Å². The van der Waals surface area contributed by atoms with Crippen molar-refractivity contribution in [1.29, 1.82) is 10.5 Å². The fraction of sp³-hybridized carbons (Fsp3) is 0.273. The van der Waals surface area contributed by atoms with E-state index in [0.717, 1.165) is 83.3 Å². The Morgan fingerprint density at radius 1 is 0.519 bits per heavy atom. The van der Waals surface area contributed by atoms with Crippen molar-refractivity contribution in [2.45, 2.75) is 12.8 Å².